The summed E-state index contributed by atoms with van der Waals surface area (Å²) in [5.74, 6) is 0. The van der Waals surface area contributed by atoms with Crippen LogP contribution >= 0.6 is 0 Å². The summed E-state index contributed by atoms with van der Waals surface area (Å²) >= 11 is 0. The normalized spacial score (nSPS) is 20.4. The van der Waals surface area contributed by atoms with Gasteiger partial charge in [-0.15, -0.1) is 0 Å². The molecule has 1 aliphatic rings. The maximum absolute atomic E-state index is 12.5. The molecule has 20 heavy (non-hydrogen) atoms. The molecule has 1 aliphatic heterocycles. The highest BCUT2D eigenvalue weighted by Gasteiger charge is 2.35. The molecule has 0 amide bonds. The Morgan fingerprint density at radius 2 is 1.85 bits per heavy atom. The molecule has 0 aromatic carbocycles. The minimum atomic E-state index is -3.27. The molecule has 1 N–H and O–H groups in total. The van der Waals surface area contributed by atoms with E-state index in [0.29, 0.717) is 25.0 Å². The van der Waals surface area contributed by atoms with Gasteiger partial charge in [-0.2, -0.15) is 17.0 Å². The fourth-order valence-electron chi connectivity index (χ4n) is 2.53. The van der Waals surface area contributed by atoms with E-state index in [1.165, 1.54) is 4.31 Å². The first-order valence-corrected chi connectivity index (χ1v) is 9.17. The maximum Gasteiger partial charge on any atom is 0.281 e. The van der Waals surface area contributed by atoms with Crippen LogP contribution < -0.4 is 5.32 Å². The van der Waals surface area contributed by atoms with Gasteiger partial charge in [0.25, 0.3) is 10.2 Å². The zero-order valence-electron chi connectivity index (χ0n) is 13.5. The van der Waals surface area contributed by atoms with Crippen molar-refractivity contribution in [3.63, 3.8) is 0 Å². The molecule has 0 radical (unpaired) electrons. The van der Waals surface area contributed by atoms with Crippen LogP contribution in [0, 0.1) is 5.41 Å². The van der Waals surface area contributed by atoms with Crippen LogP contribution in [0.4, 0.5) is 0 Å². The third kappa shape index (κ3) is 4.69. The molecule has 0 unspecified atom stereocenters. The number of piperidine rings is 1. The minimum absolute atomic E-state index is 0.315. The standard InChI is InChI=1S/C14H31N3O2S/c1-5-14(3)8-12-17(13-9-14)20(18,19)16(4)11-7-10-15-6-2/h15H,5-13H2,1-4H3. The summed E-state index contributed by atoms with van der Waals surface area (Å²) in [4.78, 5) is 0. The highest BCUT2D eigenvalue weighted by atomic mass is 32.2. The Labute approximate surface area is 124 Å². The van der Waals surface area contributed by atoms with Crippen LogP contribution in [0.5, 0.6) is 0 Å². The van der Waals surface area contributed by atoms with Gasteiger partial charge in [0, 0.05) is 26.7 Å². The third-order valence-corrected chi connectivity index (χ3v) is 6.57. The fraction of sp³-hybridized carbons (Fsp3) is 1.00. The third-order valence-electron chi connectivity index (χ3n) is 4.58. The van der Waals surface area contributed by atoms with Gasteiger partial charge in [-0.1, -0.05) is 27.2 Å². The predicted octanol–water partition coefficient (Wildman–Crippen LogP) is 1.67. The van der Waals surface area contributed by atoms with Crippen molar-refractivity contribution in [2.45, 2.75) is 46.5 Å². The van der Waals surface area contributed by atoms with E-state index in [-0.39, 0.29) is 0 Å². The molecule has 5 nitrogen and oxygen atoms in total. The van der Waals surface area contributed by atoms with Gasteiger partial charge in [0.1, 0.15) is 0 Å². The van der Waals surface area contributed by atoms with Gasteiger partial charge < -0.3 is 5.32 Å². The molecular formula is C14H31N3O2S. The SMILES string of the molecule is CCNCCCN(C)S(=O)(=O)N1CCC(C)(CC)CC1. The summed E-state index contributed by atoms with van der Waals surface area (Å²) in [5, 5.41) is 3.22. The second kappa shape index (κ2) is 7.73. The van der Waals surface area contributed by atoms with E-state index in [2.05, 4.69) is 26.1 Å². The summed E-state index contributed by atoms with van der Waals surface area (Å²) in [6.07, 6.45) is 3.91. The van der Waals surface area contributed by atoms with Gasteiger partial charge in [-0.25, -0.2) is 0 Å². The maximum atomic E-state index is 12.5. The summed E-state index contributed by atoms with van der Waals surface area (Å²) in [7, 11) is -1.58. The van der Waals surface area contributed by atoms with Crippen LogP contribution in [0.15, 0.2) is 0 Å². The lowest BCUT2D eigenvalue weighted by Gasteiger charge is -2.39. The first-order chi connectivity index (χ1) is 9.35. The van der Waals surface area contributed by atoms with Crippen molar-refractivity contribution in [2.75, 3.05) is 39.8 Å². The number of rotatable bonds is 8. The Hall–Kier alpha value is -0.170. The Bertz CT molecular complexity index is 376. The molecule has 1 heterocycles. The largest absolute Gasteiger partial charge is 0.317 e. The lowest BCUT2D eigenvalue weighted by molar-refractivity contribution is 0.163. The van der Waals surface area contributed by atoms with E-state index in [0.717, 1.165) is 38.8 Å². The van der Waals surface area contributed by atoms with Gasteiger partial charge in [-0.05, 0) is 37.8 Å². The second-order valence-corrected chi connectivity index (χ2v) is 8.14. The van der Waals surface area contributed by atoms with E-state index in [4.69, 9.17) is 0 Å². The Balaban J connectivity index is 2.48. The van der Waals surface area contributed by atoms with E-state index >= 15 is 0 Å². The van der Waals surface area contributed by atoms with E-state index < -0.39 is 10.2 Å². The van der Waals surface area contributed by atoms with Gasteiger partial charge >= 0.3 is 0 Å². The zero-order chi connectivity index (χ0) is 15.2. The quantitative estimate of drug-likeness (QED) is 0.694. The lowest BCUT2D eigenvalue weighted by Crippen LogP contribution is -2.48. The predicted molar refractivity (Wildman–Crippen MR) is 83.9 cm³/mol. The van der Waals surface area contributed by atoms with Crippen molar-refractivity contribution in [1.29, 1.82) is 0 Å². The van der Waals surface area contributed by atoms with Crippen LogP contribution in [-0.2, 0) is 10.2 Å². The first kappa shape index (κ1) is 17.9. The van der Waals surface area contributed by atoms with Crippen molar-refractivity contribution in [3.8, 4) is 0 Å². The van der Waals surface area contributed by atoms with Crippen LogP contribution in [0.1, 0.15) is 46.5 Å². The molecule has 6 heteroatoms. The Kier molecular flexibility index (Phi) is 6.91. The van der Waals surface area contributed by atoms with Gasteiger partial charge in [0.15, 0.2) is 0 Å². The highest BCUT2D eigenvalue weighted by Crippen LogP contribution is 2.35. The number of hydrogen-bond donors (Lipinski definition) is 1. The lowest BCUT2D eigenvalue weighted by atomic mass is 9.79. The van der Waals surface area contributed by atoms with E-state index in [9.17, 15) is 8.42 Å². The van der Waals surface area contributed by atoms with Crippen LogP contribution in [-0.4, -0.2) is 56.8 Å². The molecule has 0 atom stereocenters. The number of nitrogens with one attached hydrogen (secondary N) is 1. The summed E-state index contributed by atoms with van der Waals surface area (Å²) in [6, 6.07) is 0. The van der Waals surface area contributed by atoms with Crippen molar-refractivity contribution < 1.29 is 8.42 Å². The molecule has 0 bridgehead atoms. The van der Waals surface area contributed by atoms with E-state index in [1.54, 1.807) is 11.4 Å². The molecular weight excluding hydrogens is 274 g/mol. The fourth-order valence-corrected chi connectivity index (χ4v) is 3.92. The summed E-state index contributed by atoms with van der Waals surface area (Å²) < 4.78 is 28.1. The second-order valence-electron chi connectivity index (χ2n) is 6.10. The molecule has 0 spiro atoms. The summed E-state index contributed by atoms with van der Waals surface area (Å²) in [6.45, 7) is 10.2. The van der Waals surface area contributed by atoms with Crippen LogP contribution in [0.2, 0.25) is 0 Å². The van der Waals surface area contributed by atoms with Crippen LogP contribution in [0.25, 0.3) is 0 Å². The molecule has 0 aromatic heterocycles. The van der Waals surface area contributed by atoms with E-state index in [1.807, 2.05) is 0 Å². The monoisotopic (exact) mass is 305 g/mol. The van der Waals surface area contributed by atoms with Gasteiger partial charge in [0.05, 0.1) is 0 Å². The molecule has 1 fully saturated rings. The first-order valence-electron chi connectivity index (χ1n) is 7.78. The summed E-state index contributed by atoms with van der Waals surface area (Å²) in [5.41, 5.74) is 0.315. The molecule has 1 saturated heterocycles. The van der Waals surface area contributed by atoms with Crippen molar-refractivity contribution in [2.24, 2.45) is 5.41 Å². The average molecular weight is 305 g/mol. The van der Waals surface area contributed by atoms with Crippen molar-refractivity contribution in [1.82, 2.24) is 13.9 Å². The molecule has 0 aromatic rings. The number of nitrogens with zero attached hydrogens (tertiary/aromatic N) is 2. The van der Waals surface area contributed by atoms with Crippen LogP contribution in [0.3, 0.4) is 0 Å². The highest BCUT2D eigenvalue weighted by molar-refractivity contribution is 7.86. The Morgan fingerprint density at radius 1 is 1.25 bits per heavy atom. The topological polar surface area (TPSA) is 52.7 Å². The van der Waals surface area contributed by atoms with Crippen molar-refractivity contribution in [3.05, 3.63) is 0 Å². The average Bonchev–Trinajstić information content (AvgIpc) is 2.44. The Morgan fingerprint density at radius 3 is 2.35 bits per heavy atom. The van der Waals surface area contributed by atoms with Gasteiger partial charge in [0.2, 0.25) is 0 Å². The smallest absolute Gasteiger partial charge is 0.281 e. The molecule has 0 saturated carbocycles. The zero-order valence-corrected chi connectivity index (χ0v) is 14.3. The molecule has 0 aliphatic carbocycles. The minimum Gasteiger partial charge on any atom is -0.317 e. The van der Waals surface area contributed by atoms with Crippen molar-refractivity contribution >= 4 is 10.2 Å². The number of hydrogen-bond acceptors (Lipinski definition) is 3. The molecule has 120 valence electrons. The molecule has 1 rings (SSSR count). The van der Waals surface area contributed by atoms with Gasteiger partial charge in [-0.3, -0.25) is 0 Å².